The Hall–Kier alpha value is -2.96. The van der Waals surface area contributed by atoms with Crippen LogP contribution in [0.1, 0.15) is 6.92 Å². The lowest BCUT2D eigenvalue weighted by atomic mass is 10.3. The molecule has 1 heterocycles. The molecule has 0 aliphatic rings. The molecule has 0 saturated heterocycles. The second-order valence-electron chi connectivity index (χ2n) is 6.03. The molecule has 0 spiro atoms. The second kappa shape index (κ2) is 7.34. The molecule has 0 saturated carbocycles. The molecule has 0 aliphatic carbocycles. The van der Waals surface area contributed by atoms with Gasteiger partial charge in [-0.15, -0.1) is 0 Å². The van der Waals surface area contributed by atoms with Crippen molar-refractivity contribution in [1.29, 1.82) is 0 Å². The third-order valence-electron chi connectivity index (χ3n) is 4.06. The number of carboxylic acid groups (broad SMARTS) is 1. The fourth-order valence-electron chi connectivity index (χ4n) is 2.69. The highest BCUT2D eigenvalue weighted by Gasteiger charge is 2.32. The zero-order chi connectivity index (χ0) is 19.6. The first kappa shape index (κ1) is 18.8. The average Bonchev–Trinajstić information content (AvgIpc) is 3.01. The first-order valence-corrected chi connectivity index (χ1v) is 9.83. The number of nitrogens with one attached hydrogen (secondary N) is 1. The molecule has 2 aromatic carbocycles. The number of carbonyl (C=O) groups excluding carboxylic acids is 1. The fourth-order valence-corrected chi connectivity index (χ4v) is 4.24. The van der Waals surface area contributed by atoms with Gasteiger partial charge in [0, 0.05) is 5.30 Å². The van der Waals surface area contributed by atoms with Crippen molar-refractivity contribution in [1.82, 2.24) is 14.9 Å². The number of para-hydroxylation sites is 2. The minimum Gasteiger partial charge on any atom is -0.480 e. The number of aliphatic carboxylic acids is 1. The summed E-state index contributed by atoms with van der Waals surface area (Å²) in [7, 11) is -4.06. The number of amides is 1. The molecule has 3 rings (SSSR count). The van der Waals surface area contributed by atoms with Crippen molar-refractivity contribution in [2.45, 2.75) is 19.5 Å². The van der Waals surface area contributed by atoms with Crippen molar-refractivity contribution in [3.63, 3.8) is 0 Å². The van der Waals surface area contributed by atoms with Gasteiger partial charge in [0.1, 0.15) is 12.6 Å². The lowest BCUT2D eigenvalue weighted by Gasteiger charge is -2.15. The Labute approximate surface area is 154 Å². The van der Waals surface area contributed by atoms with Crippen molar-refractivity contribution in [2.24, 2.45) is 0 Å². The number of hydrogen-bond donors (Lipinski definition) is 3. The van der Waals surface area contributed by atoms with E-state index in [0.717, 1.165) is 0 Å². The fraction of sp³-hybridized carbons (Fsp3) is 0.167. The highest BCUT2D eigenvalue weighted by Crippen LogP contribution is 2.38. The monoisotopic (exact) mass is 387 g/mol. The maximum atomic E-state index is 13.2. The minimum atomic E-state index is -4.06. The molecular weight excluding hydrogens is 369 g/mol. The number of carboxylic acids is 1. The highest BCUT2D eigenvalue weighted by atomic mass is 31.2. The Morgan fingerprint density at radius 3 is 2.44 bits per heavy atom. The van der Waals surface area contributed by atoms with Crippen LogP contribution in [0.15, 0.2) is 54.6 Å². The van der Waals surface area contributed by atoms with Gasteiger partial charge in [0.25, 0.3) is 7.37 Å². The van der Waals surface area contributed by atoms with E-state index in [9.17, 15) is 19.0 Å². The van der Waals surface area contributed by atoms with Crippen LogP contribution in [0.3, 0.4) is 0 Å². The van der Waals surface area contributed by atoms with Crippen molar-refractivity contribution >= 4 is 41.1 Å². The van der Waals surface area contributed by atoms with Crippen molar-refractivity contribution in [2.75, 3.05) is 0 Å². The number of fused-ring (bicyclic) bond motifs is 1. The van der Waals surface area contributed by atoms with Gasteiger partial charge in [-0.3, -0.25) is 14.2 Å². The van der Waals surface area contributed by atoms with Gasteiger partial charge in [0.2, 0.25) is 11.5 Å². The normalized spacial score (nSPS) is 14.4. The van der Waals surface area contributed by atoms with Crippen LogP contribution in [-0.4, -0.2) is 37.5 Å². The quantitative estimate of drug-likeness (QED) is 0.539. The van der Waals surface area contributed by atoms with Crippen molar-refractivity contribution in [3.8, 4) is 0 Å². The van der Waals surface area contributed by atoms with Gasteiger partial charge < -0.3 is 19.9 Å². The SMILES string of the molecule is C[C@H](NC(=O)Cn1c(P(=O)(O)c2ccccc2)nc2ccccc21)C(=O)O. The van der Waals surface area contributed by atoms with Crippen LogP contribution in [0.2, 0.25) is 0 Å². The maximum Gasteiger partial charge on any atom is 0.325 e. The Morgan fingerprint density at radius 2 is 1.78 bits per heavy atom. The summed E-state index contributed by atoms with van der Waals surface area (Å²) in [5, 5.41) is 11.5. The standard InChI is InChI=1S/C18H18N3O5P/c1-12(17(23)24)19-16(22)11-21-15-10-6-5-9-14(15)20-18(21)27(25,26)13-7-3-2-4-8-13/h2-10,12H,11H2,1H3,(H,19,22)(H,23,24)(H,25,26)/t12-/m0/s1. The number of benzene rings is 2. The molecular formula is C18H18N3O5P. The third kappa shape index (κ3) is 3.77. The average molecular weight is 387 g/mol. The Morgan fingerprint density at radius 1 is 1.15 bits per heavy atom. The van der Waals surface area contributed by atoms with Crippen molar-refractivity contribution in [3.05, 3.63) is 54.6 Å². The van der Waals surface area contributed by atoms with Crippen LogP contribution in [-0.2, 0) is 20.7 Å². The number of carbonyl (C=O) groups is 2. The largest absolute Gasteiger partial charge is 0.480 e. The Balaban J connectivity index is 2.06. The zero-order valence-electron chi connectivity index (χ0n) is 14.4. The number of aromatic nitrogens is 2. The lowest BCUT2D eigenvalue weighted by Crippen LogP contribution is -2.41. The predicted molar refractivity (Wildman–Crippen MR) is 101 cm³/mol. The number of hydrogen-bond acceptors (Lipinski definition) is 4. The van der Waals surface area contributed by atoms with Gasteiger partial charge in [-0.05, 0) is 31.2 Å². The molecule has 0 radical (unpaired) electrons. The van der Waals surface area contributed by atoms with Gasteiger partial charge in [-0.25, -0.2) is 4.98 Å². The topological polar surface area (TPSA) is 122 Å². The summed E-state index contributed by atoms with van der Waals surface area (Å²) in [5.41, 5.74) is 0.848. The van der Waals surface area contributed by atoms with Gasteiger partial charge in [-0.2, -0.15) is 0 Å². The summed E-state index contributed by atoms with van der Waals surface area (Å²) < 4.78 is 14.5. The molecule has 3 N–H and O–H groups in total. The number of imidazole rings is 1. The number of nitrogens with zero attached hydrogens (tertiary/aromatic N) is 2. The molecule has 1 aromatic heterocycles. The van der Waals surface area contributed by atoms with E-state index in [0.29, 0.717) is 11.0 Å². The smallest absolute Gasteiger partial charge is 0.325 e. The van der Waals surface area contributed by atoms with E-state index in [1.165, 1.54) is 23.6 Å². The lowest BCUT2D eigenvalue weighted by molar-refractivity contribution is -0.141. The molecule has 0 aliphatic heterocycles. The van der Waals surface area contributed by atoms with E-state index >= 15 is 0 Å². The summed E-state index contributed by atoms with van der Waals surface area (Å²) in [6.45, 7) is 1.01. The van der Waals surface area contributed by atoms with Gasteiger partial charge in [0.05, 0.1) is 11.0 Å². The summed E-state index contributed by atoms with van der Waals surface area (Å²) in [6.07, 6.45) is 0. The first-order chi connectivity index (χ1) is 12.8. The summed E-state index contributed by atoms with van der Waals surface area (Å²) in [5.74, 6) is -1.77. The van der Waals surface area contributed by atoms with Crippen LogP contribution in [0.5, 0.6) is 0 Å². The van der Waals surface area contributed by atoms with Crippen molar-refractivity contribution < 1.29 is 24.2 Å². The highest BCUT2D eigenvalue weighted by molar-refractivity contribution is 7.73. The van der Waals surface area contributed by atoms with E-state index in [2.05, 4.69) is 10.3 Å². The molecule has 0 bridgehead atoms. The first-order valence-electron chi connectivity index (χ1n) is 8.17. The van der Waals surface area contributed by atoms with E-state index in [4.69, 9.17) is 5.11 Å². The molecule has 9 heteroatoms. The molecule has 8 nitrogen and oxygen atoms in total. The molecule has 0 fully saturated rings. The van der Waals surface area contributed by atoms with Gasteiger partial charge >= 0.3 is 5.97 Å². The van der Waals surface area contributed by atoms with E-state index in [1.807, 2.05) is 0 Å². The third-order valence-corrected chi connectivity index (χ3v) is 5.94. The van der Waals surface area contributed by atoms with Gasteiger partial charge in [-0.1, -0.05) is 30.3 Å². The predicted octanol–water partition coefficient (Wildman–Crippen LogP) is 0.847. The van der Waals surface area contributed by atoms with E-state index in [-0.39, 0.29) is 17.4 Å². The van der Waals surface area contributed by atoms with Crippen LogP contribution in [0, 0.1) is 0 Å². The Kier molecular flexibility index (Phi) is 5.12. The number of rotatable bonds is 6. The minimum absolute atomic E-state index is 0.131. The summed E-state index contributed by atoms with van der Waals surface area (Å²) in [6, 6.07) is 13.8. The van der Waals surface area contributed by atoms with Crippen LogP contribution >= 0.6 is 7.37 Å². The van der Waals surface area contributed by atoms with Crippen LogP contribution < -0.4 is 16.2 Å². The summed E-state index contributed by atoms with van der Waals surface area (Å²) in [4.78, 5) is 38.3. The van der Waals surface area contributed by atoms with Crippen LogP contribution in [0.4, 0.5) is 0 Å². The van der Waals surface area contributed by atoms with E-state index in [1.54, 1.807) is 42.5 Å². The molecule has 1 unspecified atom stereocenters. The molecule has 2 atom stereocenters. The summed E-state index contributed by atoms with van der Waals surface area (Å²) >= 11 is 0. The molecule has 140 valence electrons. The maximum absolute atomic E-state index is 13.2. The molecule has 3 aromatic rings. The van der Waals surface area contributed by atoms with Crippen LogP contribution in [0.25, 0.3) is 11.0 Å². The molecule has 1 amide bonds. The van der Waals surface area contributed by atoms with Gasteiger partial charge in [0.15, 0.2) is 0 Å². The van der Waals surface area contributed by atoms with E-state index < -0.39 is 25.3 Å². The second-order valence-corrected chi connectivity index (χ2v) is 8.09. The Bertz CT molecular complexity index is 1050. The zero-order valence-corrected chi connectivity index (χ0v) is 15.3. The molecule has 27 heavy (non-hydrogen) atoms.